The summed E-state index contributed by atoms with van der Waals surface area (Å²) in [5.41, 5.74) is 1.39. The minimum absolute atomic E-state index is 0.0691. The number of benzene rings is 1. The highest BCUT2D eigenvalue weighted by molar-refractivity contribution is 7.09. The first-order chi connectivity index (χ1) is 13.1. The van der Waals surface area contributed by atoms with Crippen molar-refractivity contribution in [3.8, 4) is 0 Å². The van der Waals surface area contributed by atoms with Gasteiger partial charge in [0, 0.05) is 18.3 Å². The molecule has 3 aromatic rings. The predicted molar refractivity (Wildman–Crippen MR) is 106 cm³/mol. The fourth-order valence-electron chi connectivity index (χ4n) is 2.78. The van der Waals surface area contributed by atoms with Crippen LogP contribution >= 0.6 is 11.3 Å². The number of carbonyl (C=O) groups excluding carboxylic acids is 2. The van der Waals surface area contributed by atoms with Crippen molar-refractivity contribution in [2.45, 2.75) is 20.0 Å². The van der Waals surface area contributed by atoms with Gasteiger partial charge in [-0.05, 0) is 47.8 Å². The number of quaternary nitrogens is 1. The van der Waals surface area contributed by atoms with Gasteiger partial charge in [0.1, 0.15) is 13.1 Å². The molecular weight excluding hydrogens is 362 g/mol. The molecule has 0 fully saturated rings. The van der Waals surface area contributed by atoms with Crippen LogP contribution in [0, 0.1) is 0 Å². The highest BCUT2D eigenvalue weighted by Crippen LogP contribution is 2.13. The molecule has 0 aliphatic heterocycles. The van der Waals surface area contributed by atoms with Crippen molar-refractivity contribution in [1.82, 2.24) is 0 Å². The largest absolute Gasteiger partial charge is 0.463 e. The van der Waals surface area contributed by atoms with Crippen LogP contribution in [0.3, 0.4) is 0 Å². The lowest BCUT2D eigenvalue weighted by molar-refractivity contribution is -0.920. The van der Waals surface area contributed by atoms with E-state index in [2.05, 4.69) is 16.7 Å². The van der Waals surface area contributed by atoms with E-state index < -0.39 is 0 Å². The molecule has 0 aliphatic carbocycles. The van der Waals surface area contributed by atoms with Gasteiger partial charge in [-0.15, -0.1) is 11.3 Å². The van der Waals surface area contributed by atoms with Crippen LogP contribution in [0.2, 0.25) is 0 Å². The van der Waals surface area contributed by atoms with Gasteiger partial charge in [-0.1, -0.05) is 6.07 Å². The van der Waals surface area contributed by atoms with Crippen LogP contribution in [-0.4, -0.2) is 18.4 Å². The van der Waals surface area contributed by atoms with Crippen molar-refractivity contribution >= 4 is 34.5 Å². The lowest BCUT2D eigenvalue weighted by Gasteiger charge is -2.17. The average molecular weight is 384 g/mol. The first kappa shape index (κ1) is 18.9. The monoisotopic (exact) mass is 384 g/mol. The summed E-state index contributed by atoms with van der Waals surface area (Å²) in [6.45, 7) is 3.18. The Balaban J connectivity index is 1.60. The van der Waals surface area contributed by atoms with E-state index in [4.69, 9.17) is 4.42 Å². The number of hydrogen-bond donors (Lipinski definition) is 3. The van der Waals surface area contributed by atoms with Crippen LogP contribution in [0.4, 0.5) is 11.4 Å². The Hall–Kier alpha value is -2.90. The molecule has 1 unspecified atom stereocenters. The Bertz CT molecular complexity index is 822. The van der Waals surface area contributed by atoms with Gasteiger partial charge in [0.05, 0.1) is 11.1 Å². The Morgan fingerprint density at radius 2 is 1.74 bits per heavy atom. The molecule has 0 bridgehead atoms. The molecule has 2 amide bonds. The maximum Gasteiger partial charge on any atom is 0.279 e. The lowest BCUT2D eigenvalue weighted by atomic mass is 10.2. The molecule has 2 heterocycles. The van der Waals surface area contributed by atoms with Gasteiger partial charge in [-0.3, -0.25) is 9.59 Å². The highest BCUT2D eigenvalue weighted by atomic mass is 32.1. The third kappa shape index (κ3) is 6.09. The number of nitrogens with one attached hydrogen (secondary N) is 3. The molecule has 3 rings (SSSR count). The molecule has 1 aromatic carbocycles. The maximum absolute atomic E-state index is 12.5. The maximum atomic E-state index is 12.5. The Morgan fingerprint density at radius 3 is 2.33 bits per heavy atom. The number of carbonyl (C=O) groups is 2. The zero-order valence-electron chi connectivity index (χ0n) is 15.0. The Labute approximate surface area is 161 Å². The van der Waals surface area contributed by atoms with Gasteiger partial charge in [0.15, 0.2) is 12.3 Å². The van der Waals surface area contributed by atoms with E-state index in [1.807, 2.05) is 23.6 Å². The van der Waals surface area contributed by atoms with Crippen molar-refractivity contribution in [1.29, 1.82) is 0 Å². The van der Waals surface area contributed by atoms with Crippen molar-refractivity contribution in [3.63, 3.8) is 0 Å². The molecule has 0 saturated heterocycles. The van der Waals surface area contributed by atoms with Gasteiger partial charge in [-0.2, -0.15) is 0 Å². The predicted octanol–water partition coefficient (Wildman–Crippen LogP) is 2.52. The van der Waals surface area contributed by atoms with Crippen LogP contribution in [0.25, 0.3) is 0 Å². The van der Waals surface area contributed by atoms with Crippen molar-refractivity contribution in [2.75, 3.05) is 17.2 Å². The van der Waals surface area contributed by atoms with Crippen LogP contribution in [0.1, 0.15) is 17.6 Å². The molecule has 1 atom stereocenters. The summed E-state index contributed by atoms with van der Waals surface area (Å²) in [6, 6.07) is 14.9. The molecule has 0 aliphatic rings. The molecule has 0 saturated carbocycles. The molecule has 3 N–H and O–H groups in total. The summed E-state index contributed by atoms with van der Waals surface area (Å²) < 4.78 is 5.44. The van der Waals surface area contributed by atoms with E-state index in [-0.39, 0.29) is 11.8 Å². The number of thiophene rings is 1. The summed E-state index contributed by atoms with van der Waals surface area (Å²) in [4.78, 5) is 25.9. The number of anilines is 2. The highest BCUT2D eigenvalue weighted by Gasteiger charge is 2.17. The average Bonchev–Trinajstić information content (AvgIpc) is 3.30. The van der Waals surface area contributed by atoms with Crippen LogP contribution < -0.4 is 15.5 Å². The number of rotatable bonds is 8. The minimum atomic E-state index is -0.127. The quantitative estimate of drug-likeness (QED) is 0.559. The van der Waals surface area contributed by atoms with E-state index in [1.165, 1.54) is 11.8 Å². The summed E-state index contributed by atoms with van der Waals surface area (Å²) in [6.07, 6.45) is 1.65. The molecule has 0 radical (unpaired) electrons. The van der Waals surface area contributed by atoms with E-state index in [1.54, 1.807) is 41.9 Å². The SMILES string of the molecule is CC(=O)Nc1ccc(NC(=O)C[NH+](Cc2ccco2)Cc2cccs2)cc1. The number of hydrogen-bond acceptors (Lipinski definition) is 4. The first-order valence-corrected chi connectivity index (χ1v) is 9.52. The van der Waals surface area contributed by atoms with E-state index in [9.17, 15) is 9.59 Å². The standard InChI is InChI=1S/C20H21N3O3S/c1-15(24)21-16-6-8-17(9-7-16)22-20(25)14-23(12-18-4-2-10-26-18)13-19-5-3-11-27-19/h2-11H,12-14H2,1H3,(H,21,24)(H,22,25)/p+1. The smallest absolute Gasteiger partial charge is 0.279 e. The second-order valence-electron chi connectivity index (χ2n) is 6.25. The molecular formula is C20H22N3O3S+. The third-order valence-corrected chi connectivity index (χ3v) is 4.78. The number of furan rings is 1. The summed E-state index contributed by atoms with van der Waals surface area (Å²) in [7, 11) is 0. The van der Waals surface area contributed by atoms with Crippen molar-refractivity contribution in [3.05, 3.63) is 70.8 Å². The first-order valence-electron chi connectivity index (χ1n) is 8.64. The van der Waals surface area contributed by atoms with Gasteiger partial charge in [-0.25, -0.2) is 0 Å². The molecule has 6 nitrogen and oxygen atoms in total. The summed E-state index contributed by atoms with van der Waals surface area (Å²) in [5, 5.41) is 7.65. The van der Waals surface area contributed by atoms with Gasteiger partial charge in [0.2, 0.25) is 5.91 Å². The Morgan fingerprint density at radius 1 is 1.00 bits per heavy atom. The lowest BCUT2D eigenvalue weighted by Crippen LogP contribution is -3.10. The van der Waals surface area contributed by atoms with Gasteiger partial charge >= 0.3 is 0 Å². The molecule has 0 spiro atoms. The van der Waals surface area contributed by atoms with Crippen LogP contribution in [0.5, 0.6) is 0 Å². The van der Waals surface area contributed by atoms with Gasteiger partial charge < -0.3 is 20.0 Å². The van der Waals surface area contributed by atoms with Crippen molar-refractivity contribution in [2.24, 2.45) is 0 Å². The van der Waals surface area contributed by atoms with E-state index in [0.29, 0.717) is 24.5 Å². The van der Waals surface area contributed by atoms with Gasteiger partial charge in [0.25, 0.3) is 5.91 Å². The van der Waals surface area contributed by atoms with E-state index in [0.717, 1.165) is 17.2 Å². The number of amides is 2. The van der Waals surface area contributed by atoms with Crippen LogP contribution in [0.15, 0.2) is 64.6 Å². The third-order valence-electron chi connectivity index (χ3n) is 3.91. The zero-order valence-corrected chi connectivity index (χ0v) is 15.8. The van der Waals surface area contributed by atoms with Crippen molar-refractivity contribution < 1.29 is 18.9 Å². The van der Waals surface area contributed by atoms with Crippen LogP contribution in [-0.2, 0) is 22.7 Å². The molecule has 27 heavy (non-hydrogen) atoms. The Kier molecular flexibility index (Phi) is 6.40. The molecule has 2 aromatic heterocycles. The minimum Gasteiger partial charge on any atom is -0.463 e. The second-order valence-corrected chi connectivity index (χ2v) is 7.28. The summed E-state index contributed by atoms with van der Waals surface area (Å²) in [5.74, 6) is 0.659. The second kappa shape index (κ2) is 9.16. The summed E-state index contributed by atoms with van der Waals surface area (Å²) >= 11 is 1.68. The zero-order chi connectivity index (χ0) is 19.1. The normalized spacial score (nSPS) is 11.7. The molecule has 7 heteroatoms. The fraction of sp³-hybridized carbons (Fsp3) is 0.200. The van der Waals surface area contributed by atoms with E-state index >= 15 is 0 Å². The fourth-order valence-corrected chi connectivity index (χ4v) is 3.56. The molecule has 140 valence electrons. The topological polar surface area (TPSA) is 75.8 Å².